The first-order valence-electron chi connectivity index (χ1n) is 8.86. The quantitative estimate of drug-likeness (QED) is 0.458. The van der Waals surface area contributed by atoms with Crippen LogP contribution >= 0.6 is 23.4 Å². The number of nitrogens with zero attached hydrogens (tertiary/aromatic N) is 4. The van der Waals surface area contributed by atoms with E-state index in [0.717, 1.165) is 22.8 Å². The number of hydrogen-bond donors (Lipinski definition) is 0. The van der Waals surface area contributed by atoms with E-state index >= 15 is 0 Å². The first kappa shape index (κ1) is 17.5. The van der Waals surface area contributed by atoms with Crippen LogP contribution in [-0.2, 0) is 12.2 Å². The lowest BCUT2D eigenvalue weighted by molar-refractivity contribution is 0.0958. The van der Waals surface area contributed by atoms with E-state index < -0.39 is 0 Å². The number of fused-ring (bicyclic) bond motifs is 2. The molecule has 6 nitrogen and oxygen atoms in total. The fourth-order valence-electron chi connectivity index (χ4n) is 3.38. The van der Waals surface area contributed by atoms with Crippen LogP contribution in [-0.4, -0.2) is 25.4 Å². The van der Waals surface area contributed by atoms with Gasteiger partial charge in [0, 0.05) is 35.7 Å². The molecule has 0 saturated carbocycles. The Morgan fingerprint density at radius 3 is 2.82 bits per heavy atom. The maximum Gasteiger partial charge on any atom is 0.253 e. The highest BCUT2D eigenvalue weighted by atomic mass is 35.5. The highest BCUT2D eigenvalue weighted by Crippen LogP contribution is 2.32. The van der Waals surface area contributed by atoms with E-state index in [4.69, 9.17) is 16.0 Å². The first-order valence-corrected chi connectivity index (χ1v) is 10.2. The molecular formula is C20H15ClN4O2S. The number of benzene rings is 1. The molecule has 0 saturated heterocycles. The molecule has 0 bridgehead atoms. The van der Waals surface area contributed by atoms with Gasteiger partial charge < -0.3 is 4.42 Å². The Morgan fingerprint density at radius 1 is 1.18 bits per heavy atom. The molecule has 0 amide bonds. The summed E-state index contributed by atoms with van der Waals surface area (Å²) in [7, 11) is 0. The van der Waals surface area contributed by atoms with Crippen molar-refractivity contribution in [3.63, 3.8) is 0 Å². The van der Waals surface area contributed by atoms with Crippen molar-refractivity contribution in [3.8, 4) is 0 Å². The standard InChI is InChI=1S/C20H15ClN4O2S/c21-14-5-3-12(4-6-14)11-28-20-23-19-22-16-8-13(18-2-1-7-27-18)9-17(26)15(16)10-25(19)24-20/h1-7,10,13H,8-9,11H2/t13-/m0/s1. The number of halogens is 1. The molecule has 3 aromatic heterocycles. The van der Waals surface area contributed by atoms with Gasteiger partial charge >= 0.3 is 0 Å². The minimum Gasteiger partial charge on any atom is -0.469 e. The Morgan fingerprint density at radius 2 is 2.04 bits per heavy atom. The monoisotopic (exact) mass is 410 g/mol. The number of aromatic nitrogens is 4. The minimum absolute atomic E-state index is 0.0200. The van der Waals surface area contributed by atoms with E-state index in [2.05, 4.69) is 15.1 Å². The van der Waals surface area contributed by atoms with E-state index in [9.17, 15) is 4.79 Å². The Balaban J connectivity index is 1.40. The topological polar surface area (TPSA) is 73.3 Å². The molecule has 4 aromatic rings. The summed E-state index contributed by atoms with van der Waals surface area (Å²) < 4.78 is 7.08. The average Bonchev–Trinajstić information content (AvgIpc) is 3.35. The van der Waals surface area contributed by atoms with Gasteiger partial charge in [-0.1, -0.05) is 35.5 Å². The van der Waals surface area contributed by atoms with Crippen LogP contribution in [0.5, 0.6) is 0 Å². The molecule has 28 heavy (non-hydrogen) atoms. The second kappa shape index (κ2) is 7.07. The second-order valence-corrected chi connectivity index (χ2v) is 8.08. The zero-order chi connectivity index (χ0) is 19.1. The van der Waals surface area contributed by atoms with Crippen LogP contribution in [0.1, 0.15) is 39.7 Å². The summed E-state index contributed by atoms with van der Waals surface area (Å²) in [6.07, 6.45) is 4.46. The summed E-state index contributed by atoms with van der Waals surface area (Å²) >= 11 is 7.44. The van der Waals surface area contributed by atoms with E-state index in [0.29, 0.717) is 34.4 Å². The Hall–Kier alpha value is -2.64. The fourth-order valence-corrected chi connectivity index (χ4v) is 4.28. The fraction of sp³-hybridized carbons (Fsp3) is 0.200. The Labute approximate surface area is 169 Å². The number of rotatable bonds is 4. The summed E-state index contributed by atoms with van der Waals surface area (Å²) in [5.74, 6) is 2.13. The van der Waals surface area contributed by atoms with Crippen LogP contribution < -0.4 is 0 Å². The molecule has 140 valence electrons. The van der Waals surface area contributed by atoms with Gasteiger partial charge in [0.05, 0.1) is 17.5 Å². The second-order valence-electron chi connectivity index (χ2n) is 6.70. The highest BCUT2D eigenvalue weighted by molar-refractivity contribution is 7.98. The molecule has 5 rings (SSSR count). The lowest BCUT2D eigenvalue weighted by Gasteiger charge is -2.20. The molecule has 3 heterocycles. The number of thioether (sulfide) groups is 1. The van der Waals surface area contributed by atoms with Gasteiger partial charge in [-0.25, -0.2) is 9.50 Å². The van der Waals surface area contributed by atoms with Gasteiger partial charge in [0.1, 0.15) is 5.76 Å². The van der Waals surface area contributed by atoms with Crippen molar-refractivity contribution in [2.75, 3.05) is 0 Å². The van der Waals surface area contributed by atoms with Crippen LogP contribution in [0.25, 0.3) is 5.78 Å². The predicted molar refractivity (Wildman–Crippen MR) is 106 cm³/mol. The third kappa shape index (κ3) is 3.31. The predicted octanol–water partition coefficient (Wildman–Crippen LogP) is 4.58. The molecule has 8 heteroatoms. The van der Waals surface area contributed by atoms with Crippen molar-refractivity contribution in [1.82, 2.24) is 19.6 Å². The highest BCUT2D eigenvalue weighted by Gasteiger charge is 2.30. The maximum atomic E-state index is 12.6. The molecule has 0 radical (unpaired) electrons. The van der Waals surface area contributed by atoms with E-state index in [-0.39, 0.29) is 11.7 Å². The zero-order valence-corrected chi connectivity index (χ0v) is 16.3. The molecular weight excluding hydrogens is 396 g/mol. The average molecular weight is 411 g/mol. The van der Waals surface area contributed by atoms with Crippen LogP contribution in [0, 0.1) is 0 Å². The molecule has 1 aliphatic rings. The van der Waals surface area contributed by atoms with E-state index in [1.54, 1.807) is 17.0 Å². The molecule has 0 unspecified atom stereocenters. The number of carbonyl (C=O) groups is 1. The number of Topliss-reactive ketones (excluding diaryl/α,β-unsaturated/α-hetero) is 1. The summed E-state index contributed by atoms with van der Waals surface area (Å²) in [6, 6.07) is 11.4. The molecule has 0 aliphatic heterocycles. The van der Waals surface area contributed by atoms with E-state index in [1.165, 1.54) is 11.8 Å². The van der Waals surface area contributed by atoms with E-state index in [1.807, 2.05) is 36.4 Å². The number of ketones is 1. The first-order chi connectivity index (χ1) is 13.7. The molecule has 1 aromatic carbocycles. The third-order valence-corrected chi connectivity index (χ3v) is 5.95. The van der Waals surface area contributed by atoms with Crippen molar-refractivity contribution in [1.29, 1.82) is 0 Å². The van der Waals surface area contributed by atoms with Gasteiger partial charge in [0.2, 0.25) is 5.16 Å². The summed E-state index contributed by atoms with van der Waals surface area (Å²) in [4.78, 5) is 21.7. The van der Waals surface area contributed by atoms with Crippen LogP contribution in [0.15, 0.2) is 58.4 Å². The van der Waals surface area contributed by atoms with Crippen molar-refractivity contribution in [3.05, 3.63) is 76.5 Å². The summed E-state index contributed by atoms with van der Waals surface area (Å²) in [6.45, 7) is 0. The van der Waals surface area contributed by atoms with Gasteiger partial charge in [0.25, 0.3) is 5.78 Å². The number of furan rings is 1. The van der Waals surface area contributed by atoms with Crippen LogP contribution in [0.3, 0.4) is 0 Å². The Bertz CT molecular complexity index is 1160. The normalized spacial score (nSPS) is 16.5. The number of carbonyl (C=O) groups excluding carboxylic acids is 1. The molecule has 0 spiro atoms. The minimum atomic E-state index is 0.0200. The lowest BCUT2D eigenvalue weighted by Crippen LogP contribution is -2.21. The number of hydrogen-bond acceptors (Lipinski definition) is 6. The summed E-state index contributed by atoms with van der Waals surface area (Å²) in [5, 5.41) is 5.81. The molecule has 1 atom stereocenters. The molecule has 0 N–H and O–H groups in total. The molecule has 0 fully saturated rings. The maximum absolute atomic E-state index is 12.6. The zero-order valence-electron chi connectivity index (χ0n) is 14.7. The van der Waals surface area contributed by atoms with Crippen molar-refractivity contribution < 1.29 is 9.21 Å². The smallest absolute Gasteiger partial charge is 0.253 e. The van der Waals surface area contributed by atoms with Gasteiger partial charge in [-0.15, -0.1) is 5.10 Å². The van der Waals surface area contributed by atoms with Gasteiger partial charge in [0.15, 0.2) is 5.78 Å². The van der Waals surface area contributed by atoms with Crippen molar-refractivity contribution in [2.45, 2.75) is 29.7 Å². The lowest BCUT2D eigenvalue weighted by atomic mass is 9.85. The largest absolute Gasteiger partial charge is 0.469 e. The third-order valence-electron chi connectivity index (χ3n) is 4.79. The van der Waals surface area contributed by atoms with Gasteiger partial charge in [-0.2, -0.15) is 4.98 Å². The van der Waals surface area contributed by atoms with Gasteiger partial charge in [-0.05, 0) is 29.8 Å². The van der Waals surface area contributed by atoms with Crippen molar-refractivity contribution >= 4 is 34.9 Å². The van der Waals surface area contributed by atoms with Crippen LogP contribution in [0.4, 0.5) is 0 Å². The summed E-state index contributed by atoms with van der Waals surface area (Å²) in [5.41, 5.74) is 2.51. The van der Waals surface area contributed by atoms with Crippen LogP contribution in [0.2, 0.25) is 5.02 Å². The Kier molecular flexibility index (Phi) is 4.41. The van der Waals surface area contributed by atoms with Gasteiger partial charge in [-0.3, -0.25) is 4.79 Å². The molecule has 1 aliphatic carbocycles. The SMILES string of the molecule is O=C1C[C@@H](c2ccco2)Cc2nc3nc(SCc4ccc(Cl)cc4)nn3cc21. The van der Waals surface area contributed by atoms with Crippen molar-refractivity contribution in [2.24, 2.45) is 0 Å².